The Morgan fingerprint density at radius 1 is 1.33 bits per heavy atom. The number of pyridine rings is 1. The number of halogens is 2. The second-order valence-electron chi connectivity index (χ2n) is 8.56. The second kappa shape index (κ2) is 11.4. The number of piperidine rings is 1. The van der Waals surface area contributed by atoms with Crippen molar-refractivity contribution in [3.8, 4) is 5.75 Å². The number of hydrogen-bond donors (Lipinski definition) is 2. The van der Waals surface area contributed by atoms with E-state index in [-0.39, 0.29) is 31.5 Å². The Bertz CT molecular complexity index is 867. The number of nitrogens with zero attached hydrogens (tertiary/aromatic N) is 2. The molecular weight excluding hydrogens is 430 g/mol. The molecule has 2 aliphatic rings. The van der Waals surface area contributed by atoms with E-state index in [1.54, 1.807) is 37.2 Å². The Morgan fingerprint density at radius 3 is 2.73 bits per heavy atom. The molecule has 0 bridgehead atoms. The molecule has 1 aliphatic carbocycles. The van der Waals surface area contributed by atoms with Gasteiger partial charge in [-0.1, -0.05) is 6.08 Å². The highest BCUT2D eigenvalue weighted by atomic mass is 19.3. The normalized spacial score (nSPS) is 22.8. The highest BCUT2D eigenvalue weighted by Gasteiger charge is 2.46. The van der Waals surface area contributed by atoms with Crippen LogP contribution in [0, 0.1) is 5.92 Å². The van der Waals surface area contributed by atoms with Gasteiger partial charge in [0, 0.05) is 26.6 Å². The molecule has 2 fully saturated rings. The Hall–Kier alpha value is -2.81. The average Bonchev–Trinajstić information content (AvgIpc) is 3.30. The van der Waals surface area contributed by atoms with Gasteiger partial charge in [-0.3, -0.25) is 14.5 Å². The van der Waals surface area contributed by atoms with Gasteiger partial charge < -0.3 is 15.4 Å². The van der Waals surface area contributed by atoms with Crippen LogP contribution in [-0.2, 0) is 9.59 Å². The van der Waals surface area contributed by atoms with Gasteiger partial charge in [-0.05, 0) is 62.6 Å². The minimum Gasteiger partial charge on any atom is -0.489 e. The molecule has 2 atom stereocenters. The standard InChI is InChI=1S/C24H32F2N4O3/c1-17(23(32)29-22-10-9-20(15-28-22)33-19-7-3-4-8-19)30-12-11-24(25,26)21(16-30)18(14-27-2)6-5-13-31/h5-6,9-10,13-15,17,19,21,27H,3-4,7-8,11-12,16H2,1-2H3,(H,28,29,32)/b6-5-,18-14+. The summed E-state index contributed by atoms with van der Waals surface area (Å²) in [5.74, 6) is -3.36. The summed E-state index contributed by atoms with van der Waals surface area (Å²) < 4.78 is 35.3. The fourth-order valence-corrected chi connectivity index (χ4v) is 4.33. The number of alkyl halides is 2. The van der Waals surface area contributed by atoms with Crippen molar-refractivity contribution in [1.82, 2.24) is 15.2 Å². The number of amides is 1. The SMILES string of the molecule is CN/C=C(\C=C/C=O)C1CN(C(C)C(=O)Nc2ccc(OC3CCCC3)cn2)CCC1(F)F. The van der Waals surface area contributed by atoms with E-state index in [9.17, 15) is 18.4 Å². The fraction of sp³-hybridized carbons (Fsp3) is 0.542. The van der Waals surface area contributed by atoms with E-state index in [1.807, 2.05) is 0 Å². The summed E-state index contributed by atoms with van der Waals surface area (Å²) in [6.07, 6.45) is 10.5. The monoisotopic (exact) mass is 462 g/mol. The molecule has 1 aromatic heterocycles. The number of carbonyl (C=O) groups is 2. The summed E-state index contributed by atoms with van der Waals surface area (Å²) in [6.45, 7) is 1.76. The molecule has 2 N–H and O–H groups in total. The van der Waals surface area contributed by atoms with Crippen LogP contribution in [0.15, 0.2) is 42.3 Å². The van der Waals surface area contributed by atoms with Crippen LogP contribution in [0.3, 0.4) is 0 Å². The number of likely N-dealkylation sites (tertiary alicyclic amines) is 1. The van der Waals surface area contributed by atoms with Gasteiger partial charge >= 0.3 is 0 Å². The minimum absolute atomic E-state index is 0.0140. The summed E-state index contributed by atoms with van der Waals surface area (Å²) in [4.78, 5) is 29.5. The molecule has 0 spiro atoms. The van der Waals surface area contributed by atoms with E-state index in [0.717, 1.165) is 12.8 Å². The smallest absolute Gasteiger partial charge is 0.257 e. The van der Waals surface area contributed by atoms with Crippen LogP contribution in [-0.4, -0.2) is 60.3 Å². The molecule has 2 heterocycles. The lowest BCUT2D eigenvalue weighted by atomic mass is 9.86. The van der Waals surface area contributed by atoms with Crippen LogP contribution < -0.4 is 15.4 Å². The molecule has 3 rings (SSSR count). The van der Waals surface area contributed by atoms with Crippen LogP contribution in [0.25, 0.3) is 0 Å². The summed E-state index contributed by atoms with van der Waals surface area (Å²) in [5, 5.41) is 5.52. The van der Waals surface area contributed by atoms with E-state index in [1.165, 1.54) is 31.2 Å². The second-order valence-corrected chi connectivity index (χ2v) is 8.56. The molecule has 2 unspecified atom stereocenters. The van der Waals surface area contributed by atoms with Crippen molar-refractivity contribution in [2.24, 2.45) is 5.92 Å². The predicted molar refractivity (Wildman–Crippen MR) is 122 cm³/mol. The minimum atomic E-state index is -2.95. The molecule has 1 aromatic rings. The summed E-state index contributed by atoms with van der Waals surface area (Å²) in [7, 11) is 1.61. The number of ether oxygens (including phenoxy) is 1. The molecule has 1 saturated heterocycles. The first kappa shape index (κ1) is 24.8. The average molecular weight is 463 g/mol. The Balaban J connectivity index is 1.62. The molecule has 33 heavy (non-hydrogen) atoms. The van der Waals surface area contributed by atoms with Crippen LogP contribution in [0.4, 0.5) is 14.6 Å². The highest BCUT2D eigenvalue weighted by molar-refractivity contribution is 5.93. The van der Waals surface area contributed by atoms with Gasteiger partial charge in [0.05, 0.1) is 24.3 Å². The van der Waals surface area contributed by atoms with Gasteiger partial charge in [-0.2, -0.15) is 0 Å². The molecule has 0 radical (unpaired) electrons. The number of aromatic nitrogens is 1. The van der Waals surface area contributed by atoms with E-state index < -0.39 is 17.9 Å². The maximum Gasteiger partial charge on any atom is 0.257 e. The van der Waals surface area contributed by atoms with E-state index >= 15 is 0 Å². The molecule has 1 saturated carbocycles. The van der Waals surface area contributed by atoms with E-state index in [2.05, 4.69) is 15.6 Å². The first-order valence-corrected chi connectivity index (χ1v) is 11.4. The Kier molecular flexibility index (Phi) is 8.55. The number of anilines is 1. The lowest BCUT2D eigenvalue weighted by Gasteiger charge is -2.41. The number of hydrogen-bond acceptors (Lipinski definition) is 6. The zero-order valence-corrected chi connectivity index (χ0v) is 19.1. The summed E-state index contributed by atoms with van der Waals surface area (Å²) in [6, 6.07) is 2.82. The maximum atomic E-state index is 14.7. The molecule has 1 aliphatic heterocycles. The predicted octanol–water partition coefficient (Wildman–Crippen LogP) is 3.55. The number of carbonyl (C=O) groups excluding carboxylic acids is 2. The van der Waals surface area contributed by atoms with Crippen molar-refractivity contribution in [2.75, 3.05) is 25.5 Å². The van der Waals surface area contributed by atoms with Crippen LogP contribution >= 0.6 is 0 Å². The largest absolute Gasteiger partial charge is 0.489 e. The summed E-state index contributed by atoms with van der Waals surface area (Å²) >= 11 is 0. The van der Waals surface area contributed by atoms with Gasteiger partial charge in [0.15, 0.2) is 0 Å². The van der Waals surface area contributed by atoms with Crippen molar-refractivity contribution in [3.63, 3.8) is 0 Å². The van der Waals surface area contributed by atoms with Gasteiger partial charge in [0.2, 0.25) is 5.91 Å². The first-order chi connectivity index (χ1) is 15.8. The number of aldehydes is 1. The third-order valence-electron chi connectivity index (χ3n) is 6.26. The van der Waals surface area contributed by atoms with Crippen molar-refractivity contribution >= 4 is 18.0 Å². The van der Waals surface area contributed by atoms with E-state index in [4.69, 9.17) is 4.74 Å². The van der Waals surface area contributed by atoms with Gasteiger partial charge in [-0.25, -0.2) is 13.8 Å². The number of rotatable bonds is 9. The molecular formula is C24H32F2N4O3. The highest BCUT2D eigenvalue weighted by Crippen LogP contribution is 2.39. The molecule has 1 amide bonds. The number of allylic oxidation sites excluding steroid dienone is 2. The quantitative estimate of drug-likeness (QED) is 0.332. The van der Waals surface area contributed by atoms with Crippen molar-refractivity contribution in [1.29, 1.82) is 0 Å². The zero-order chi connectivity index (χ0) is 23.8. The third kappa shape index (κ3) is 6.60. The van der Waals surface area contributed by atoms with Gasteiger partial charge in [-0.15, -0.1) is 0 Å². The molecule has 0 aromatic carbocycles. The Morgan fingerprint density at radius 2 is 2.09 bits per heavy atom. The topological polar surface area (TPSA) is 83.6 Å². The third-order valence-corrected chi connectivity index (χ3v) is 6.26. The number of nitrogens with one attached hydrogen (secondary N) is 2. The first-order valence-electron chi connectivity index (χ1n) is 11.4. The van der Waals surface area contributed by atoms with Crippen LogP contribution in [0.1, 0.15) is 39.0 Å². The summed E-state index contributed by atoms with van der Waals surface area (Å²) in [5.41, 5.74) is 0.312. The van der Waals surface area contributed by atoms with Crippen LogP contribution in [0.5, 0.6) is 5.75 Å². The van der Waals surface area contributed by atoms with Crippen LogP contribution in [0.2, 0.25) is 0 Å². The molecule has 7 nitrogen and oxygen atoms in total. The molecule has 9 heteroatoms. The zero-order valence-electron chi connectivity index (χ0n) is 19.1. The molecule has 180 valence electrons. The van der Waals surface area contributed by atoms with Crippen molar-refractivity contribution in [2.45, 2.75) is 57.1 Å². The Labute approximate surface area is 193 Å². The fourth-order valence-electron chi connectivity index (χ4n) is 4.33. The lowest BCUT2D eigenvalue weighted by molar-refractivity contribution is -0.128. The maximum absolute atomic E-state index is 14.7. The van der Waals surface area contributed by atoms with Crippen molar-refractivity contribution < 1.29 is 23.1 Å². The van der Waals surface area contributed by atoms with Crippen molar-refractivity contribution in [3.05, 3.63) is 42.3 Å². The van der Waals surface area contributed by atoms with Gasteiger partial charge in [0.1, 0.15) is 17.9 Å². The van der Waals surface area contributed by atoms with E-state index in [0.29, 0.717) is 23.4 Å². The van der Waals surface area contributed by atoms with Gasteiger partial charge in [0.25, 0.3) is 5.92 Å². The lowest BCUT2D eigenvalue weighted by Crippen LogP contribution is -2.53.